The SMILES string of the molecule is CN(Cc1ccsc1)C(=O)C(N)C(C)(C)C. The second kappa shape index (κ2) is 4.97. The van der Waals surface area contributed by atoms with Gasteiger partial charge in [0.15, 0.2) is 0 Å². The summed E-state index contributed by atoms with van der Waals surface area (Å²) in [6.07, 6.45) is 0. The molecule has 0 aliphatic rings. The average Bonchev–Trinajstić information content (AvgIpc) is 2.66. The Balaban J connectivity index is 2.61. The molecule has 1 atom stereocenters. The molecule has 4 heteroatoms. The Hall–Kier alpha value is -0.870. The molecule has 1 amide bonds. The van der Waals surface area contributed by atoms with Gasteiger partial charge in [0.05, 0.1) is 6.04 Å². The molecule has 0 fully saturated rings. The van der Waals surface area contributed by atoms with E-state index < -0.39 is 6.04 Å². The summed E-state index contributed by atoms with van der Waals surface area (Å²) in [5.41, 5.74) is 6.90. The van der Waals surface area contributed by atoms with Crippen molar-refractivity contribution in [1.29, 1.82) is 0 Å². The molecule has 0 aliphatic carbocycles. The predicted octanol–water partition coefficient (Wildman–Crippen LogP) is 2.08. The monoisotopic (exact) mass is 240 g/mol. The van der Waals surface area contributed by atoms with E-state index in [-0.39, 0.29) is 11.3 Å². The molecular weight excluding hydrogens is 220 g/mol. The normalized spacial score (nSPS) is 13.6. The van der Waals surface area contributed by atoms with Crippen LogP contribution in [0.15, 0.2) is 16.8 Å². The number of carbonyl (C=O) groups excluding carboxylic acids is 1. The van der Waals surface area contributed by atoms with E-state index in [0.717, 1.165) is 5.56 Å². The van der Waals surface area contributed by atoms with E-state index in [9.17, 15) is 4.79 Å². The van der Waals surface area contributed by atoms with Crippen molar-refractivity contribution in [2.45, 2.75) is 33.4 Å². The van der Waals surface area contributed by atoms with Gasteiger partial charge in [-0.2, -0.15) is 11.3 Å². The van der Waals surface area contributed by atoms with E-state index >= 15 is 0 Å². The summed E-state index contributed by atoms with van der Waals surface area (Å²) in [5, 5.41) is 4.06. The minimum atomic E-state index is -0.448. The lowest BCUT2D eigenvalue weighted by molar-refractivity contribution is -0.134. The minimum Gasteiger partial charge on any atom is -0.340 e. The summed E-state index contributed by atoms with van der Waals surface area (Å²) in [7, 11) is 1.80. The standard InChI is InChI=1S/C12H20N2OS/c1-12(2,3)10(13)11(15)14(4)7-9-5-6-16-8-9/h5-6,8,10H,7,13H2,1-4H3. The maximum Gasteiger partial charge on any atom is 0.240 e. The van der Waals surface area contributed by atoms with Crippen LogP contribution in [0.5, 0.6) is 0 Å². The summed E-state index contributed by atoms with van der Waals surface area (Å²) in [4.78, 5) is 13.7. The third kappa shape index (κ3) is 3.32. The van der Waals surface area contributed by atoms with Crippen molar-refractivity contribution in [1.82, 2.24) is 4.90 Å². The van der Waals surface area contributed by atoms with Gasteiger partial charge in [0.1, 0.15) is 0 Å². The van der Waals surface area contributed by atoms with E-state index in [0.29, 0.717) is 6.54 Å². The fourth-order valence-electron chi connectivity index (χ4n) is 1.34. The first-order valence-corrected chi connectivity index (χ1v) is 6.28. The first-order valence-electron chi connectivity index (χ1n) is 5.34. The number of amides is 1. The van der Waals surface area contributed by atoms with Crippen molar-refractivity contribution < 1.29 is 4.79 Å². The van der Waals surface area contributed by atoms with Gasteiger partial charge in [-0.25, -0.2) is 0 Å². The second-order valence-electron chi connectivity index (χ2n) is 5.17. The number of thiophene rings is 1. The number of likely N-dealkylation sites (N-methyl/N-ethyl adjacent to an activating group) is 1. The predicted molar refractivity (Wildman–Crippen MR) is 68.2 cm³/mol. The summed E-state index contributed by atoms with van der Waals surface area (Å²) in [6.45, 7) is 6.57. The Kier molecular flexibility index (Phi) is 4.10. The summed E-state index contributed by atoms with van der Waals surface area (Å²) in [6, 6.07) is 1.58. The van der Waals surface area contributed by atoms with Gasteiger partial charge < -0.3 is 10.6 Å². The fraction of sp³-hybridized carbons (Fsp3) is 0.583. The van der Waals surface area contributed by atoms with Crippen molar-refractivity contribution >= 4 is 17.2 Å². The third-order valence-corrected chi connectivity index (χ3v) is 3.31. The number of nitrogens with zero attached hydrogens (tertiary/aromatic N) is 1. The van der Waals surface area contributed by atoms with Crippen LogP contribution in [0.1, 0.15) is 26.3 Å². The van der Waals surface area contributed by atoms with Crippen LogP contribution >= 0.6 is 11.3 Å². The first-order chi connectivity index (χ1) is 7.32. The maximum atomic E-state index is 12.0. The average molecular weight is 240 g/mol. The van der Waals surface area contributed by atoms with Crippen LogP contribution < -0.4 is 5.73 Å². The van der Waals surface area contributed by atoms with Crippen LogP contribution in [0.2, 0.25) is 0 Å². The van der Waals surface area contributed by atoms with Gasteiger partial charge in [-0.3, -0.25) is 4.79 Å². The van der Waals surface area contributed by atoms with E-state index in [1.807, 2.05) is 37.6 Å². The zero-order chi connectivity index (χ0) is 12.3. The van der Waals surface area contributed by atoms with Crippen molar-refractivity contribution in [3.63, 3.8) is 0 Å². The van der Waals surface area contributed by atoms with Crippen LogP contribution in [0.25, 0.3) is 0 Å². The molecule has 2 N–H and O–H groups in total. The molecule has 3 nitrogen and oxygen atoms in total. The number of hydrogen-bond donors (Lipinski definition) is 1. The molecular formula is C12H20N2OS. The Bertz CT molecular complexity index is 340. The molecule has 0 saturated carbocycles. The topological polar surface area (TPSA) is 46.3 Å². The van der Waals surface area contributed by atoms with Crippen LogP contribution in [-0.2, 0) is 11.3 Å². The highest BCUT2D eigenvalue weighted by atomic mass is 32.1. The summed E-state index contributed by atoms with van der Waals surface area (Å²) in [5.74, 6) is -0.00120. The molecule has 0 aliphatic heterocycles. The molecule has 16 heavy (non-hydrogen) atoms. The second-order valence-corrected chi connectivity index (χ2v) is 5.95. The molecule has 1 heterocycles. The third-order valence-electron chi connectivity index (χ3n) is 2.58. The molecule has 1 aromatic heterocycles. The van der Waals surface area contributed by atoms with Crippen LogP contribution in [-0.4, -0.2) is 23.9 Å². The summed E-state index contributed by atoms with van der Waals surface area (Å²) < 4.78 is 0. The Morgan fingerprint density at radius 3 is 2.62 bits per heavy atom. The van der Waals surface area contributed by atoms with Crippen molar-refractivity contribution in [3.8, 4) is 0 Å². The zero-order valence-electron chi connectivity index (χ0n) is 10.4. The zero-order valence-corrected chi connectivity index (χ0v) is 11.2. The lowest BCUT2D eigenvalue weighted by Gasteiger charge is -2.29. The number of carbonyl (C=O) groups is 1. The molecule has 90 valence electrons. The molecule has 1 rings (SSSR count). The smallest absolute Gasteiger partial charge is 0.240 e. The molecule has 0 radical (unpaired) electrons. The van der Waals surface area contributed by atoms with Gasteiger partial charge in [0, 0.05) is 13.6 Å². The highest BCUT2D eigenvalue weighted by Crippen LogP contribution is 2.19. The van der Waals surface area contributed by atoms with Crippen LogP contribution in [0, 0.1) is 5.41 Å². The molecule has 0 spiro atoms. The van der Waals surface area contributed by atoms with E-state index in [2.05, 4.69) is 0 Å². The van der Waals surface area contributed by atoms with E-state index in [1.165, 1.54) is 0 Å². The molecule has 1 aromatic rings. The Morgan fingerprint density at radius 1 is 1.56 bits per heavy atom. The largest absolute Gasteiger partial charge is 0.340 e. The maximum absolute atomic E-state index is 12.0. The van der Waals surface area contributed by atoms with Crippen molar-refractivity contribution in [3.05, 3.63) is 22.4 Å². The molecule has 0 saturated heterocycles. The quantitative estimate of drug-likeness (QED) is 0.879. The van der Waals surface area contributed by atoms with Gasteiger partial charge in [-0.15, -0.1) is 0 Å². The minimum absolute atomic E-state index is 0.00120. The highest BCUT2D eigenvalue weighted by Gasteiger charge is 2.29. The van der Waals surface area contributed by atoms with E-state index in [4.69, 9.17) is 5.73 Å². The number of rotatable bonds is 3. The van der Waals surface area contributed by atoms with Crippen LogP contribution in [0.4, 0.5) is 0 Å². The van der Waals surface area contributed by atoms with E-state index in [1.54, 1.807) is 23.3 Å². The fourth-order valence-corrected chi connectivity index (χ4v) is 2.00. The Labute approximate surface area is 101 Å². The van der Waals surface area contributed by atoms with Gasteiger partial charge in [-0.1, -0.05) is 20.8 Å². The van der Waals surface area contributed by atoms with Gasteiger partial charge in [0.25, 0.3) is 0 Å². The lowest BCUT2D eigenvalue weighted by Crippen LogP contribution is -2.48. The molecule has 0 aromatic carbocycles. The van der Waals surface area contributed by atoms with Crippen molar-refractivity contribution in [2.24, 2.45) is 11.1 Å². The highest BCUT2D eigenvalue weighted by molar-refractivity contribution is 7.07. The van der Waals surface area contributed by atoms with Gasteiger partial charge in [0.2, 0.25) is 5.91 Å². The van der Waals surface area contributed by atoms with Gasteiger partial charge >= 0.3 is 0 Å². The summed E-state index contributed by atoms with van der Waals surface area (Å²) >= 11 is 1.64. The van der Waals surface area contributed by atoms with Crippen LogP contribution in [0.3, 0.4) is 0 Å². The number of nitrogens with two attached hydrogens (primary N) is 1. The molecule has 1 unspecified atom stereocenters. The lowest BCUT2D eigenvalue weighted by atomic mass is 9.86. The molecule has 0 bridgehead atoms. The van der Waals surface area contributed by atoms with Crippen molar-refractivity contribution in [2.75, 3.05) is 7.05 Å². The number of hydrogen-bond acceptors (Lipinski definition) is 3. The first kappa shape index (κ1) is 13.2. The Morgan fingerprint density at radius 2 is 2.19 bits per heavy atom. The van der Waals surface area contributed by atoms with Gasteiger partial charge in [-0.05, 0) is 27.8 Å².